The third-order valence-corrected chi connectivity index (χ3v) is 5.47. The average molecular weight is 394 g/mol. The number of aromatic nitrogens is 1. The molecule has 0 fully saturated rings. The number of rotatable bonds is 10. The summed E-state index contributed by atoms with van der Waals surface area (Å²) in [5.74, 6) is -0.0523. The van der Waals surface area contributed by atoms with Crippen molar-refractivity contribution in [1.29, 1.82) is 0 Å². The quantitative estimate of drug-likeness (QED) is 0.442. The molecule has 28 heavy (non-hydrogen) atoms. The second-order valence-corrected chi connectivity index (χ2v) is 7.71. The summed E-state index contributed by atoms with van der Waals surface area (Å²) in [6.45, 7) is 3.38. The van der Waals surface area contributed by atoms with Gasteiger partial charge in [-0.3, -0.25) is 4.79 Å². The van der Waals surface area contributed by atoms with Gasteiger partial charge >= 0.3 is 0 Å². The minimum atomic E-state index is -0.0523. The van der Waals surface area contributed by atoms with Crippen LogP contribution in [0.1, 0.15) is 32.6 Å². The third kappa shape index (κ3) is 5.75. The molecule has 0 saturated heterocycles. The van der Waals surface area contributed by atoms with E-state index in [4.69, 9.17) is 4.98 Å². The maximum atomic E-state index is 12.3. The van der Waals surface area contributed by atoms with Gasteiger partial charge in [0.2, 0.25) is 5.91 Å². The van der Waals surface area contributed by atoms with Crippen LogP contribution in [-0.4, -0.2) is 24.0 Å². The summed E-state index contributed by atoms with van der Waals surface area (Å²) in [7, 11) is 0. The molecule has 0 spiro atoms. The van der Waals surface area contributed by atoms with Crippen molar-refractivity contribution in [3.8, 4) is 21.7 Å². The van der Waals surface area contributed by atoms with Gasteiger partial charge in [0.25, 0.3) is 0 Å². The molecular formula is C23H27N3OS. The van der Waals surface area contributed by atoms with Crippen LogP contribution in [0.15, 0.2) is 60.7 Å². The van der Waals surface area contributed by atoms with Crippen LogP contribution >= 0.6 is 11.3 Å². The maximum absolute atomic E-state index is 12.3. The molecule has 0 atom stereocenters. The normalized spacial score (nSPS) is 10.8. The average Bonchev–Trinajstić information content (AvgIpc) is 3.15. The molecule has 5 heteroatoms. The fourth-order valence-electron chi connectivity index (χ4n) is 2.99. The van der Waals surface area contributed by atoms with E-state index in [0.29, 0.717) is 11.7 Å². The summed E-state index contributed by atoms with van der Waals surface area (Å²) >= 11 is 1.52. The number of nitrogens with zero attached hydrogens (tertiary/aromatic N) is 1. The lowest BCUT2D eigenvalue weighted by atomic mass is 10.1. The third-order valence-electron chi connectivity index (χ3n) is 4.45. The van der Waals surface area contributed by atoms with Crippen LogP contribution in [0.25, 0.3) is 21.7 Å². The zero-order chi connectivity index (χ0) is 19.6. The topological polar surface area (TPSA) is 54.0 Å². The number of anilines is 1. The van der Waals surface area contributed by atoms with Gasteiger partial charge < -0.3 is 10.6 Å². The Hall–Kier alpha value is -2.50. The summed E-state index contributed by atoms with van der Waals surface area (Å²) in [6, 6.07) is 20.3. The highest BCUT2D eigenvalue weighted by Gasteiger charge is 2.16. The molecule has 0 bridgehead atoms. The lowest BCUT2D eigenvalue weighted by Gasteiger charge is -2.04. The number of carbonyl (C=O) groups excluding carboxylic acids is 1. The zero-order valence-corrected chi connectivity index (χ0v) is 17.1. The SMILES string of the molecule is CCCCCCNCC(=O)Nc1nc(-c2ccccc2)c(-c2ccccc2)s1. The molecule has 0 aliphatic rings. The van der Waals surface area contributed by atoms with E-state index < -0.39 is 0 Å². The van der Waals surface area contributed by atoms with Crippen molar-refractivity contribution in [2.24, 2.45) is 0 Å². The molecule has 0 aliphatic heterocycles. The fraction of sp³-hybridized carbons (Fsp3) is 0.304. The molecule has 0 radical (unpaired) electrons. The molecule has 1 aromatic heterocycles. The molecule has 0 aliphatic carbocycles. The Balaban J connectivity index is 1.69. The lowest BCUT2D eigenvalue weighted by Crippen LogP contribution is -2.28. The van der Waals surface area contributed by atoms with E-state index in [-0.39, 0.29) is 5.91 Å². The molecule has 0 unspecified atom stereocenters. The van der Waals surface area contributed by atoms with E-state index in [0.717, 1.165) is 34.7 Å². The molecule has 146 valence electrons. The van der Waals surface area contributed by atoms with Gasteiger partial charge in [-0.05, 0) is 18.5 Å². The molecule has 0 saturated carbocycles. The monoisotopic (exact) mass is 393 g/mol. The van der Waals surface area contributed by atoms with E-state index >= 15 is 0 Å². The second kappa shape index (κ2) is 10.7. The van der Waals surface area contributed by atoms with Gasteiger partial charge in [0.05, 0.1) is 17.1 Å². The fourth-order valence-corrected chi connectivity index (χ4v) is 4.00. The zero-order valence-electron chi connectivity index (χ0n) is 16.3. The van der Waals surface area contributed by atoms with Crippen LogP contribution in [-0.2, 0) is 4.79 Å². The van der Waals surface area contributed by atoms with Crippen LogP contribution in [0.4, 0.5) is 5.13 Å². The van der Waals surface area contributed by atoms with E-state index in [9.17, 15) is 4.79 Å². The van der Waals surface area contributed by atoms with E-state index in [1.54, 1.807) is 0 Å². The largest absolute Gasteiger partial charge is 0.308 e. The van der Waals surface area contributed by atoms with E-state index in [1.165, 1.54) is 30.6 Å². The number of hydrogen-bond donors (Lipinski definition) is 2. The molecule has 3 aromatic rings. The Morgan fingerprint density at radius 3 is 2.29 bits per heavy atom. The summed E-state index contributed by atoms with van der Waals surface area (Å²) in [5.41, 5.74) is 3.06. The Morgan fingerprint density at radius 1 is 0.929 bits per heavy atom. The van der Waals surface area contributed by atoms with Gasteiger partial charge in [0, 0.05) is 5.56 Å². The van der Waals surface area contributed by atoms with Gasteiger partial charge in [0.1, 0.15) is 0 Å². The minimum absolute atomic E-state index is 0.0523. The summed E-state index contributed by atoms with van der Waals surface area (Å²) < 4.78 is 0. The number of thiazole rings is 1. The van der Waals surface area contributed by atoms with Gasteiger partial charge in [-0.15, -0.1) is 0 Å². The Morgan fingerprint density at radius 2 is 1.61 bits per heavy atom. The van der Waals surface area contributed by atoms with Gasteiger partial charge in [-0.25, -0.2) is 4.98 Å². The predicted molar refractivity (Wildman–Crippen MR) is 119 cm³/mol. The summed E-state index contributed by atoms with van der Waals surface area (Å²) in [5, 5.41) is 6.80. The number of carbonyl (C=O) groups is 1. The first-order valence-corrected chi connectivity index (χ1v) is 10.7. The number of benzene rings is 2. The van der Waals surface area contributed by atoms with Crippen molar-refractivity contribution in [3.05, 3.63) is 60.7 Å². The number of nitrogens with one attached hydrogen (secondary N) is 2. The lowest BCUT2D eigenvalue weighted by molar-refractivity contribution is -0.115. The molecule has 4 nitrogen and oxygen atoms in total. The molecule has 1 amide bonds. The molecule has 2 N–H and O–H groups in total. The van der Waals surface area contributed by atoms with Crippen LogP contribution in [0.2, 0.25) is 0 Å². The highest BCUT2D eigenvalue weighted by atomic mass is 32.1. The van der Waals surface area contributed by atoms with Gasteiger partial charge in [-0.1, -0.05) is 98.2 Å². The van der Waals surface area contributed by atoms with Gasteiger partial charge in [-0.2, -0.15) is 0 Å². The van der Waals surface area contributed by atoms with Crippen LogP contribution in [0.5, 0.6) is 0 Å². The van der Waals surface area contributed by atoms with Crippen molar-refractivity contribution in [2.75, 3.05) is 18.4 Å². The Kier molecular flexibility index (Phi) is 7.76. The first-order chi connectivity index (χ1) is 13.8. The molecule has 2 aromatic carbocycles. The van der Waals surface area contributed by atoms with Crippen molar-refractivity contribution in [1.82, 2.24) is 10.3 Å². The Labute approximate surface area is 171 Å². The van der Waals surface area contributed by atoms with Crippen molar-refractivity contribution < 1.29 is 4.79 Å². The van der Waals surface area contributed by atoms with Crippen LogP contribution in [0, 0.1) is 0 Å². The highest BCUT2D eigenvalue weighted by Crippen LogP contribution is 2.38. The molecule has 1 heterocycles. The maximum Gasteiger partial charge on any atom is 0.240 e. The number of amides is 1. The van der Waals surface area contributed by atoms with E-state index in [2.05, 4.69) is 29.7 Å². The summed E-state index contributed by atoms with van der Waals surface area (Å²) in [4.78, 5) is 18.1. The summed E-state index contributed by atoms with van der Waals surface area (Å²) in [6.07, 6.45) is 4.78. The standard InChI is InChI=1S/C23H27N3OS/c1-2-3-4-11-16-24-17-20(27)25-23-26-21(18-12-7-5-8-13-18)22(28-23)19-14-9-6-10-15-19/h5-10,12-15,24H,2-4,11,16-17H2,1H3,(H,25,26,27). The van der Waals surface area contributed by atoms with Crippen molar-refractivity contribution in [3.63, 3.8) is 0 Å². The van der Waals surface area contributed by atoms with Crippen LogP contribution < -0.4 is 10.6 Å². The number of unbranched alkanes of at least 4 members (excludes halogenated alkanes) is 3. The second-order valence-electron chi connectivity index (χ2n) is 6.71. The first kappa shape index (κ1) is 20.2. The smallest absolute Gasteiger partial charge is 0.240 e. The first-order valence-electron chi connectivity index (χ1n) is 9.90. The van der Waals surface area contributed by atoms with E-state index in [1.807, 2.05) is 48.5 Å². The Bertz CT molecular complexity index is 805. The van der Waals surface area contributed by atoms with Crippen molar-refractivity contribution >= 4 is 22.4 Å². The number of hydrogen-bond acceptors (Lipinski definition) is 4. The minimum Gasteiger partial charge on any atom is -0.308 e. The van der Waals surface area contributed by atoms with Gasteiger partial charge in [0.15, 0.2) is 5.13 Å². The van der Waals surface area contributed by atoms with Crippen LogP contribution in [0.3, 0.4) is 0 Å². The molecular weight excluding hydrogens is 366 g/mol. The van der Waals surface area contributed by atoms with Crippen molar-refractivity contribution in [2.45, 2.75) is 32.6 Å². The molecule has 3 rings (SSSR count). The highest BCUT2D eigenvalue weighted by molar-refractivity contribution is 7.19. The predicted octanol–water partition coefficient (Wildman–Crippen LogP) is 5.59.